The standard InChI is InChI=1S/C9H10N4O/c1-13-7-4-2-3-6(8(14)5-10)9(7)11-12-13/h2-4H,5,10H2,1H3. The Bertz CT molecular complexity index is 489. The van der Waals surface area contributed by atoms with E-state index in [0.717, 1.165) is 5.52 Å². The molecule has 2 N–H and O–H groups in total. The summed E-state index contributed by atoms with van der Waals surface area (Å²) in [5, 5.41) is 7.77. The van der Waals surface area contributed by atoms with E-state index < -0.39 is 0 Å². The zero-order valence-electron chi connectivity index (χ0n) is 7.77. The van der Waals surface area contributed by atoms with E-state index in [1.54, 1.807) is 23.9 Å². The van der Waals surface area contributed by atoms with Crippen molar-refractivity contribution in [2.45, 2.75) is 0 Å². The van der Waals surface area contributed by atoms with Crippen LogP contribution < -0.4 is 5.73 Å². The van der Waals surface area contributed by atoms with Gasteiger partial charge in [0.1, 0.15) is 5.52 Å². The Kier molecular flexibility index (Phi) is 2.01. The topological polar surface area (TPSA) is 73.8 Å². The molecule has 0 spiro atoms. The third kappa shape index (κ3) is 1.18. The molecule has 0 aliphatic rings. The number of rotatable bonds is 2. The second-order valence-electron chi connectivity index (χ2n) is 3.01. The largest absolute Gasteiger partial charge is 0.324 e. The molecule has 0 saturated carbocycles. The van der Waals surface area contributed by atoms with Gasteiger partial charge < -0.3 is 5.73 Å². The first-order chi connectivity index (χ1) is 6.74. The van der Waals surface area contributed by atoms with Gasteiger partial charge >= 0.3 is 0 Å². The van der Waals surface area contributed by atoms with Crippen LogP contribution in [0.4, 0.5) is 0 Å². The van der Waals surface area contributed by atoms with Gasteiger partial charge in [-0.25, -0.2) is 4.68 Å². The predicted octanol–water partition coefficient (Wildman–Crippen LogP) is 0.110. The lowest BCUT2D eigenvalue weighted by Gasteiger charge is -1.98. The molecule has 0 bridgehead atoms. The van der Waals surface area contributed by atoms with Crippen LogP contribution in [0.5, 0.6) is 0 Å². The highest BCUT2D eigenvalue weighted by molar-refractivity contribution is 6.06. The van der Waals surface area contributed by atoms with Crippen molar-refractivity contribution in [1.29, 1.82) is 0 Å². The van der Waals surface area contributed by atoms with Gasteiger partial charge in [0.05, 0.1) is 12.1 Å². The fourth-order valence-electron chi connectivity index (χ4n) is 1.39. The van der Waals surface area contributed by atoms with E-state index in [2.05, 4.69) is 10.3 Å². The molecule has 2 aromatic rings. The Balaban J connectivity index is 2.71. The lowest BCUT2D eigenvalue weighted by molar-refractivity contribution is 0.100. The molecule has 0 aliphatic heterocycles. The summed E-state index contributed by atoms with van der Waals surface area (Å²) in [5.74, 6) is -0.115. The molecule has 1 heterocycles. The molecule has 2 rings (SSSR count). The van der Waals surface area contributed by atoms with E-state index in [1.165, 1.54) is 0 Å². The zero-order valence-corrected chi connectivity index (χ0v) is 7.77. The molecule has 5 heteroatoms. The van der Waals surface area contributed by atoms with Crippen LogP contribution in [-0.4, -0.2) is 27.3 Å². The molecule has 0 amide bonds. The number of fused-ring (bicyclic) bond motifs is 1. The van der Waals surface area contributed by atoms with Crippen molar-refractivity contribution >= 4 is 16.8 Å². The van der Waals surface area contributed by atoms with Gasteiger partial charge in [-0.3, -0.25) is 4.79 Å². The normalized spacial score (nSPS) is 10.7. The molecule has 5 nitrogen and oxygen atoms in total. The Morgan fingerprint density at radius 1 is 1.57 bits per heavy atom. The maximum absolute atomic E-state index is 11.4. The predicted molar refractivity (Wildman–Crippen MR) is 51.9 cm³/mol. The lowest BCUT2D eigenvalue weighted by Crippen LogP contribution is -2.13. The lowest BCUT2D eigenvalue weighted by atomic mass is 10.1. The van der Waals surface area contributed by atoms with Crippen molar-refractivity contribution in [1.82, 2.24) is 15.0 Å². The van der Waals surface area contributed by atoms with Crippen LogP contribution in [0.1, 0.15) is 10.4 Å². The SMILES string of the molecule is Cn1nnc2c(C(=O)CN)cccc21. The second-order valence-corrected chi connectivity index (χ2v) is 3.01. The molecule has 1 aromatic heterocycles. The minimum atomic E-state index is -0.115. The summed E-state index contributed by atoms with van der Waals surface area (Å²) in [6.07, 6.45) is 0. The molecule has 0 unspecified atom stereocenters. The number of carbonyl (C=O) groups excluding carboxylic acids is 1. The molecule has 0 aliphatic carbocycles. The van der Waals surface area contributed by atoms with Gasteiger partial charge in [-0.1, -0.05) is 11.3 Å². The van der Waals surface area contributed by atoms with Crippen LogP contribution >= 0.6 is 0 Å². The number of Topliss-reactive ketones (excluding diaryl/α,β-unsaturated/α-hetero) is 1. The van der Waals surface area contributed by atoms with Crippen LogP contribution in [-0.2, 0) is 7.05 Å². The van der Waals surface area contributed by atoms with Crippen molar-refractivity contribution in [2.24, 2.45) is 12.8 Å². The number of nitrogens with zero attached hydrogens (tertiary/aromatic N) is 3. The first-order valence-corrected chi connectivity index (χ1v) is 4.25. The van der Waals surface area contributed by atoms with E-state index in [0.29, 0.717) is 11.1 Å². The summed E-state index contributed by atoms with van der Waals surface area (Å²) in [6, 6.07) is 5.38. The van der Waals surface area contributed by atoms with Crippen molar-refractivity contribution in [3.8, 4) is 0 Å². The molecular weight excluding hydrogens is 180 g/mol. The van der Waals surface area contributed by atoms with Crippen molar-refractivity contribution < 1.29 is 4.79 Å². The smallest absolute Gasteiger partial charge is 0.178 e. The van der Waals surface area contributed by atoms with Gasteiger partial charge in [0.25, 0.3) is 0 Å². The zero-order chi connectivity index (χ0) is 10.1. The molecule has 0 radical (unpaired) electrons. The summed E-state index contributed by atoms with van der Waals surface area (Å²) in [5.41, 5.74) is 7.29. The number of ketones is 1. The van der Waals surface area contributed by atoms with Gasteiger partial charge in [0.2, 0.25) is 0 Å². The Morgan fingerprint density at radius 3 is 3.07 bits per heavy atom. The van der Waals surface area contributed by atoms with Crippen LogP contribution in [0, 0.1) is 0 Å². The van der Waals surface area contributed by atoms with Gasteiger partial charge in [0.15, 0.2) is 5.78 Å². The number of benzene rings is 1. The van der Waals surface area contributed by atoms with Crippen LogP contribution in [0.25, 0.3) is 11.0 Å². The first-order valence-electron chi connectivity index (χ1n) is 4.25. The number of aromatic nitrogens is 3. The molecule has 72 valence electrons. The van der Waals surface area contributed by atoms with Gasteiger partial charge in [-0.05, 0) is 12.1 Å². The Morgan fingerprint density at radius 2 is 2.36 bits per heavy atom. The molecule has 0 atom stereocenters. The van der Waals surface area contributed by atoms with E-state index in [1.807, 2.05) is 6.07 Å². The fourth-order valence-corrected chi connectivity index (χ4v) is 1.39. The summed E-state index contributed by atoms with van der Waals surface area (Å²) in [7, 11) is 1.78. The van der Waals surface area contributed by atoms with Gasteiger partial charge in [-0.15, -0.1) is 5.10 Å². The van der Waals surface area contributed by atoms with Gasteiger partial charge in [-0.2, -0.15) is 0 Å². The Hall–Kier alpha value is -1.75. The average Bonchev–Trinajstić information content (AvgIpc) is 2.59. The van der Waals surface area contributed by atoms with Crippen LogP contribution in [0.3, 0.4) is 0 Å². The highest BCUT2D eigenvalue weighted by atomic mass is 16.1. The maximum atomic E-state index is 11.4. The summed E-state index contributed by atoms with van der Waals surface area (Å²) in [4.78, 5) is 11.4. The minimum absolute atomic E-state index is 0.00428. The molecule has 1 aromatic carbocycles. The second kappa shape index (κ2) is 3.19. The number of hydrogen-bond donors (Lipinski definition) is 1. The fraction of sp³-hybridized carbons (Fsp3) is 0.222. The van der Waals surface area contributed by atoms with E-state index in [-0.39, 0.29) is 12.3 Å². The van der Waals surface area contributed by atoms with E-state index in [9.17, 15) is 4.79 Å². The number of aryl methyl sites for hydroxylation is 1. The van der Waals surface area contributed by atoms with E-state index >= 15 is 0 Å². The highest BCUT2D eigenvalue weighted by Crippen LogP contribution is 2.15. The summed E-state index contributed by atoms with van der Waals surface area (Å²) in [6.45, 7) is -0.00428. The third-order valence-electron chi connectivity index (χ3n) is 2.13. The van der Waals surface area contributed by atoms with Crippen molar-refractivity contribution in [2.75, 3.05) is 6.54 Å². The summed E-state index contributed by atoms with van der Waals surface area (Å²) < 4.78 is 1.63. The first kappa shape index (κ1) is 8.83. The molecular formula is C9H10N4O. The molecule has 14 heavy (non-hydrogen) atoms. The number of carbonyl (C=O) groups is 1. The van der Waals surface area contributed by atoms with Crippen molar-refractivity contribution in [3.05, 3.63) is 23.8 Å². The quantitative estimate of drug-likeness (QED) is 0.682. The van der Waals surface area contributed by atoms with E-state index in [4.69, 9.17) is 5.73 Å². The summed E-state index contributed by atoms with van der Waals surface area (Å²) >= 11 is 0. The number of hydrogen-bond acceptors (Lipinski definition) is 4. The molecule has 0 fully saturated rings. The van der Waals surface area contributed by atoms with Crippen molar-refractivity contribution in [3.63, 3.8) is 0 Å². The average molecular weight is 190 g/mol. The van der Waals surface area contributed by atoms with Crippen LogP contribution in [0.2, 0.25) is 0 Å². The highest BCUT2D eigenvalue weighted by Gasteiger charge is 2.11. The maximum Gasteiger partial charge on any atom is 0.178 e. The third-order valence-corrected chi connectivity index (χ3v) is 2.13. The van der Waals surface area contributed by atoms with Crippen LogP contribution in [0.15, 0.2) is 18.2 Å². The Labute approximate surface area is 80.5 Å². The van der Waals surface area contributed by atoms with Gasteiger partial charge in [0, 0.05) is 12.6 Å². The number of nitrogens with two attached hydrogens (primary N) is 1. The molecule has 0 saturated heterocycles. The monoisotopic (exact) mass is 190 g/mol. The minimum Gasteiger partial charge on any atom is -0.324 e.